The number of H-pyrrole nitrogens is 1. The Bertz CT molecular complexity index is 1110. The smallest absolute Gasteiger partial charge is 0.367 e. The van der Waals surface area contributed by atoms with Crippen molar-refractivity contribution < 1.29 is 23.8 Å². The molecule has 0 bridgehead atoms. The molecule has 3 N–H and O–H groups in total. The number of hydrogen-bond donors (Lipinski definition) is 2. The van der Waals surface area contributed by atoms with E-state index < -0.39 is 5.97 Å². The summed E-state index contributed by atoms with van der Waals surface area (Å²) >= 11 is 1.37. The molecule has 0 spiro atoms. The molecule has 2 aliphatic heterocycles. The Kier molecular flexibility index (Phi) is 7.33. The predicted octanol–water partition coefficient (Wildman–Crippen LogP) is 1.73. The molecule has 1 aromatic carbocycles. The average molecular weight is 472 g/mol. The quantitative estimate of drug-likeness (QED) is 0.552. The highest BCUT2D eigenvalue weighted by molar-refractivity contribution is 7.14. The van der Waals surface area contributed by atoms with Crippen molar-refractivity contribution in [3.8, 4) is 28.1 Å². The standard InChI is InChI=1S/C16H13N3O3S.C6H12N2O2/c1-21-16(20)15-19-14-11-3-2-9(10-7-17-18-8-10)6-12(11)22-5-4-13(14)23-15;7-5-6(9)8-1-3-10-4-2-8/h2-3,6-8H,4-5H2,1H3,(H,17,18);1-5,7H2. The van der Waals surface area contributed by atoms with Gasteiger partial charge in [0.05, 0.1) is 45.4 Å². The third-order valence-corrected chi connectivity index (χ3v) is 6.35. The van der Waals surface area contributed by atoms with Gasteiger partial charge in [0.2, 0.25) is 10.9 Å². The summed E-state index contributed by atoms with van der Waals surface area (Å²) in [6.45, 7) is 3.33. The van der Waals surface area contributed by atoms with Crippen LogP contribution < -0.4 is 10.5 Å². The van der Waals surface area contributed by atoms with Crippen LogP contribution in [-0.2, 0) is 20.7 Å². The fraction of sp³-hybridized carbons (Fsp3) is 0.364. The molecular formula is C22H25N5O5S. The molecule has 174 valence electrons. The third-order valence-electron chi connectivity index (χ3n) is 5.25. The summed E-state index contributed by atoms with van der Waals surface area (Å²) in [6.07, 6.45) is 4.32. The van der Waals surface area contributed by atoms with Crippen molar-refractivity contribution in [2.24, 2.45) is 5.73 Å². The summed E-state index contributed by atoms with van der Waals surface area (Å²) in [6, 6.07) is 5.95. The zero-order chi connectivity index (χ0) is 23.2. The number of benzene rings is 1. The molecule has 2 aromatic heterocycles. The molecule has 10 nitrogen and oxygen atoms in total. The molecule has 5 rings (SSSR count). The molecule has 0 aliphatic carbocycles. The number of ether oxygens (including phenoxy) is 3. The molecule has 0 unspecified atom stereocenters. The monoisotopic (exact) mass is 471 g/mol. The predicted molar refractivity (Wildman–Crippen MR) is 122 cm³/mol. The minimum absolute atomic E-state index is 0.0169. The second kappa shape index (κ2) is 10.6. The number of carbonyl (C=O) groups is 2. The number of carbonyl (C=O) groups excluding carboxylic acids is 2. The van der Waals surface area contributed by atoms with Crippen LogP contribution in [0.5, 0.6) is 5.75 Å². The molecule has 1 saturated heterocycles. The summed E-state index contributed by atoms with van der Waals surface area (Å²) < 4.78 is 15.7. The Labute approximate surface area is 194 Å². The van der Waals surface area contributed by atoms with Crippen LogP contribution in [0.4, 0.5) is 0 Å². The highest BCUT2D eigenvalue weighted by atomic mass is 32.1. The van der Waals surface area contributed by atoms with E-state index >= 15 is 0 Å². The van der Waals surface area contributed by atoms with E-state index in [-0.39, 0.29) is 12.5 Å². The lowest BCUT2D eigenvalue weighted by Crippen LogP contribution is -2.43. The van der Waals surface area contributed by atoms with E-state index in [1.54, 1.807) is 11.1 Å². The number of nitrogens with one attached hydrogen (secondary N) is 1. The second-order valence-corrected chi connectivity index (χ2v) is 8.36. The van der Waals surface area contributed by atoms with Crippen LogP contribution in [0.15, 0.2) is 30.6 Å². The Hall–Kier alpha value is -3.28. The van der Waals surface area contributed by atoms with Crippen LogP contribution >= 0.6 is 11.3 Å². The fourth-order valence-electron chi connectivity index (χ4n) is 3.53. The van der Waals surface area contributed by atoms with Crippen LogP contribution in [-0.4, -0.2) is 78.5 Å². The molecule has 0 radical (unpaired) electrons. The van der Waals surface area contributed by atoms with E-state index in [9.17, 15) is 9.59 Å². The number of hydrogen-bond acceptors (Lipinski definition) is 9. The molecule has 33 heavy (non-hydrogen) atoms. The number of esters is 1. The van der Waals surface area contributed by atoms with Gasteiger partial charge in [0.25, 0.3) is 0 Å². The van der Waals surface area contributed by atoms with Gasteiger partial charge in [-0.1, -0.05) is 6.07 Å². The molecule has 4 heterocycles. The van der Waals surface area contributed by atoms with Gasteiger partial charge >= 0.3 is 5.97 Å². The molecule has 2 aliphatic rings. The molecular weight excluding hydrogens is 446 g/mol. The van der Waals surface area contributed by atoms with Crippen LogP contribution in [0.25, 0.3) is 22.4 Å². The van der Waals surface area contributed by atoms with Crippen molar-refractivity contribution in [3.63, 3.8) is 0 Å². The third kappa shape index (κ3) is 5.21. The van der Waals surface area contributed by atoms with E-state index in [0.717, 1.165) is 39.4 Å². The first kappa shape index (κ1) is 22.9. The van der Waals surface area contributed by atoms with E-state index in [2.05, 4.69) is 15.2 Å². The number of amides is 1. The number of nitrogens with two attached hydrogens (primary N) is 1. The zero-order valence-corrected chi connectivity index (χ0v) is 19.0. The molecule has 1 fully saturated rings. The molecule has 3 aromatic rings. The minimum atomic E-state index is -0.402. The minimum Gasteiger partial charge on any atom is -0.492 e. The van der Waals surface area contributed by atoms with E-state index in [1.807, 2.05) is 24.4 Å². The Morgan fingerprint density at radius 1 is 1.24 bits per heavy atom. The number of rotatable bonds is 3. The first-order chi connectivity index (χ1) is 16.1. The van der Waals surface area contributed by atoms with Crippen LogP contribution in [0, 0.1) is 0 Å². The summed E-state index contributed by atoms with van der Waals surface area (Å²) in [5.41, 5.74) is 8.89. The number of thiazole rings is 1. The van der Waals surface area contributed by atoms with Gasteiger partial charge < -0.3 is 24.8 Å². The Balaban J connectivity index is 0.000000219. The summed E-state index contributed by atoms with van der Waals surface area (Å²) in [5.74, 6) is 0.382. The second-order valence-electron chi connectivity index (χ2n) is 7.28. The van der Waals surface area contributed by atoms with Crippen molar-refractivity contribution in [3.05, 3.63) is 40.5 Å². The maximum absolute atomic E-state index is 11.7. The first-order valence-corrected chi connectivity index (χ1v) is 11.3. The number of morpholine rings is 1. The van der Waals surface area contributed by atoms with Crippen molar-refractivity contribution in [1.82, 2.24) is 20.1 Å². The highest BCUT2D eigenvalue weighted by Crippen LogP contribution is 2.39. The van der Waals surface area contributed by atoms with Gasteiger partial charge in [0, 0.05) is 41.7 Å². The Morgan fingerprint density at radius 3 is 2.76 bits per heavy atom. The van der Waals surface area contributed by atoms with Crippen molar-refractivity contribution >= 4 is 23.2 Å². The van der Waals surface area contributed by atoms with Gasteiger partial charge in [-0.3, -0.25) is 9.89 Å². The van der Waals surface area contributed by atoms with E-state index in [1.165, 1.54) is 18.4 Å². The molecule has 0 atom stereocenters. The number of methoxy groups -OCH3 is 1. The Morgan fingerprint density at radius 2 is 2.06 bits per heavy atom. The van der Waals surface area contributed by atoms with Gasteiger partial charge in [0.15, 0.2) is 0 Å². The molecule has 0 saturated carbocycles. The SMILES string of the molecule is COC(=O)c1nc2c(s1)CCOc1cc(-c3cn[nH]c3)ccc1-2.NCC(=O)N1CCOCC1. The van der Waals surface area contributed by atoms with E-state index in [0.29, 0.717) is 37.9 Å². The summed E-state index contributed by atoms with van der Waals surface area (Å²) in [5, 5.41) is 7.15. The first-order valence-electron chi connectivity index (χ1n) is 10.5. The highest BCUT2D eigenvalue weighted by Gasteiger charge is 2.23. The zero-order valence-electron chi connectivity index (χ0n) is 18.2. The number of fused-ring (bicyclic) bond motifs is 3. The number of aromatic nitrogens is 3. The lowest BCUT2D eigenvalue weighted by molar-refractivity contribution is -0.133. The van der Waals surface area contributed by atoms with Gasteiger partial charge in [-0.05, 0) is 17.7 Å². The number of aromatic amines is 1. The normalized spacial score (nSPS) is 14.7. The maximum Gasteiger partial charge on any atom is 0.367 e. The van der Waals surface area contributed by atoms with Gasteiger partial charge in [0.1, 0.15) is 5.75 Å². The largest absolute Gasteiger partial charge is 0.492 e. The molecule has 11 heteroatoms. The molecule has 1 amide bonds. The summed E-state index contributed by atoms with van der Waals surface area (Å²) in [7, 11) is 1.36. The van der Waals surface area contributed by atoms with Gasteiger partial charge in [-0.25, -0.2) is 9.78 Å². The van der Waals surface area contributed by atoms with Crippen LogP contribution in [0.2, 0.25) is 0 Å². The van der Waals surface area contributed by atoms with Gasteiger partial charge in [-0.2, -0.15) is 5.10 Å². The summed E-state index contributed by atoms with van der Waals surface area (Å²) in [4.78, 5) is 29.9. The van der Waals surface area contributed by atoms with Crippen LogP contribution in [0.1, 0.15) is 14.7 Å². The fourth-order valence-corrected chi connectivity index (χ4v) is 4.50. The van der Waals surface area contributed by atoms with Crippen molar-refractivity contribution in [2.45, 2.75) is 6.42 Å². The lowest BCUT2D eigenvalue weighted by atomic mass is 10.0. The van der Waals surface area contributed by atoms with Crippen molar-refractivity contribution in [2.75, 3.05) is 46.6 Å². The average Bonchev–Trinajstić information content (AvgIpc) is 3.52. The maximum atomic E-state index is 11.7. The lowest BCUT2D eigenvalue weighted by Gasteiger charge is -2.26. The van der Waals surface area contributed by atoms with Crippen LogP contribution in [0.3, 0.4) is 0 Å². The number of nitrogens with zero attached hydrogens (tertiary/aromatic N) is 3. The van der Waals surface area contributed by atoms with E-state index in [4.69, 9.17) is 19.9 Å². The van der Waals surface area contributed by atoms with Gasteiger partial charge in [-0.15, -0.1) is 11.3 Å². The topological polar surface area (TPSA) is 133 Å². The van der Waals surface area contributed by atoms with Crippen molar-refractivity contribution in [1.29, 1.82) is 0 Å².